The van der Waals surface area contributed by atoms with Crippen LogP contribution in [0.25, 0.3) is 0 Å². The zero-order valence-corrected chi connectivity index (χ0v) is 18.8. The number of morpholine rings is 1. The number of nitrogens with one attached hydrogen (secondary N) is 1. The molecule has 0 bridgehead atoms. The molecule has 1 N–H and O–H groups in total. The fourth-order valence-electron chi connectivity index (χ4n) is 3.29. The maximum atomic E-state index is 13.4. The van der Waals surface area contributed by atoms with Crippen LogP contribution in [-0.2, 0) is 19.6 Å². The molecule has 1 amide bonds. The number of sulfonamides is 1. The third-order valence-electron chi connectivity index (χ3n) is 4.98. The summed E-state index contributed by atoms with van der Waals surface area (Å²) in [6, 6.07) is 11.0. The number of carbonyl (C=O) groups excluding carboxylic acids is 1. The molecular formula is C22H28FN3O5S. The van der Waals surface area contributed by atoms with Gasteiger partial charge in [-0.15, -0.1) is 0 Å². The van der Waals surface area contributed by atoms with E-state index >= 15 is 0 Å². The average molecular weight is 466 g/mol. The van der Waals surface area contributed by atoms with E-state index in [-0.39, 0.29) is 10.6 Å². The quantitative estimate of drug-likeness (QED) is 0.576. The first-order chi connectivity index (χ1) is 15.4. The molecule has 0 radical (unpaired) electrons. The van der Waals surface area contributed by atoms with Gasteiger partial charge in [0, 0.05) is 26.2 Å². The number of benzene rings is 2. The van der Waals surface area contributed by atoms with Crippen molar-refractivity contribution < 1.29 is 27.1 Å². The number of carbonyl (C=O) groups is 1. The smallest absolute Gasteiger partial charge is 0.264 e. The Morgan fingerprint density at radius 2 is 1.78 bits per heavy atom. The Morgan fingerprint density at radius 3 is 2.41 bits per heavy atom. The van der Waals surface area contributed by atoms with Crippen LogP contribution in [0.1, 0.15) is 6.92 Å². The Labute approximate surface area is 188 Å². The molecule has 0 atom stereocenters. The summed E-state index contributed by atoms with van der Waals surface area (Å²) in [4.78, 5) is 14.8. The van der Waals surface area contributed by atoms with E-state index in [4.69, 9.17) is 9.47 Å². The van der Waals surface area contributed by atoms with Gasteiger partial charge in [-0.2, -0.15) is 0 Å². The molecule has 0 aliphatic carbocycles. The summed E-state index contributed by atoms with van der Waals surface area (Å²) in [5.74, 6) is -0.403. The molecule has 0 aromatic heterocycles. The molecule has 0 saturated carbocycles. The number of halogens is 1. The van der Waals surface area contributed by atoms with Gasteiger partial charge in [0.2, 0.25) is 5.91 Å². The lowest BCUT2D eigenvalue weighted by Gasteiger charge is -2.27. The Balaban J connectivity index is 1.74. The van der Waals surface area contributed by atoms with Gasteiger partial charge < -0.3 is 14.8 Å². The van der Waals surface area contributed by atoms with Crippen LogP contribution >= 0.6 is 0 Å². The van der Waals surface area contributed by atoms with Crippen molar-refractivity contribution >= 4 is 21.6 Å². The summed E-state index contributed by atoms with van der Waals surface area (Å²) in [5, 5.41) is 2.77. The lowest BCUT2D eigenvalue weighted by atomic mass is 10.3. The number of rotatable bonds is 10. The first-order valence-corrected chi connectivity index (χ1v) is 11.9. The van der Waals surface area contributed by atoms with E-state index < -0.39 is 28.3 Å². The number of ether oxygens (including phenoxy) is 2. The first-order valence-electron chi connectivity index (χ1n) is 10.5. The van der Waals surface area contributed by atoms with Crippen molar-refractivity contribution in [3.05, 3.63) is 54.3 Å². The second-order valence-electron chi connectivity index (χ2n) is 7.20. The highest BCUT2D eigenvalue weighted by atomic mass is 32.2. The van der Waals surface area contributed by atoms with Crippen molar-refractivity contribution in [2.45, 2.75) is 11.8 Å². The van der Waals surface area contributed by atoms with E-state index in [1.807, 2.05) is 6.92 Å². The van der Waals surface area contributed by atoms with Crippen LogP contribution in [0.2, 0.25) is 0 Å². The molecule has 3 rings (SSSR count). The molecule has 32 heavy (non-hydrogen) atoms. The van der Waals surface area contributed by atoms with E-state index in [2.05, 4.69) is 10.2 Å². The Kier molecular flexibility index (Phi) is 8.43. The number of hydrogen-bond acceptors (Lipinski definition) is 6. The Hall–Kier alpha value is -2.69. The van der Waals surface area contributed by atoms with Gasteiger partial charge in [-0.25, -0.2) is 12.8 Å². The fourth-order valence-corrected chi connectivity index (χ4v) is 4.71. The minimum Gasteiger partial charge on any atom is -0.494 e. The van der Waals surface area contributed by atoms with Crippen molar-refractivity contribution in [3.63, 3.8) is 0 Å². The highest BCUT2D eigenvalue weighted by Gasteiger charge is 2.27. The van der Waals surface area contributed by atoms with E-state index in [0.29, 0.717) is 38.7 Å². The van der Waals surface area contributed by atoms with Gasteiger partial charge in [0.15, 0.2) is 0 Å². The lowest BCUT2D eigenvalue weighted by molar-refractivity contribution is -0.119. The summed E-state index contributed by atoms with van der Waals surface area (Å²) in [6.07, 6.45) is 0. The van der Waals surface area contributed by atoms with Gasteiger partial charge in [-0.3, -0.25) is 14.0 Å². The third kappa shape index (κ3) is 6.41. The van der Waals surface area contributed by atoms with E-state index in [0.717, 1.165) is 29.5 Å². The van der Waals surface area contributed by atoms with Crippen molar-refractivity contribution in [1.82, 2.24) is 10.2 Å². The van der Waals surface area contributed by atoms with Crippen LogP contribution in [0.3, 0.4) is 0 Å². The fraction of sp³-hybridized carbons (Fsp3) is 0.409. The highest BCUT2D eigenvalue weighted by molar-refractivity contribution is 7.92. The monoisotopic (exact) mass is 465 g/mol. The lowest BCUT2D eigenvalue weighted by Crippen LogP contribution is -2.44. The van der Waals surface area contributed by atoms with Crippen molar-refractivity contribution in [2.75, 3.05) is 56.8 Å². The molecule has 2 aromatic carbocycles. The predicted octanol–water partition coefficient (Wildman–Crippen LogP) is 1.87. The van der Waals surface area contributed by atoms with Gasteiger partial charge in [-0.1, -0.05) is 0 Å². The van der Waals surface area contributed by atoms with Gasteiger partial charge in [-0.05, 0) is 55.5 Å². The molecule has 1 aliphatic heterocycles. The molecule has 0 unspecified atom stereocenters. The second-order valence-corrected chi connectivity index (χ2v) is 9.06. The zero-order valence-electron chi connectivity index (χ0n) is 18.0. The van der Waals surface area contributed by atoms with Crippen LogP contribution < -0.4 is 14.4 Å². The van der Waals surface area contributed by atoms with E-state index in [1.54, 1.807) is 12.1 Å². The number of amides is 1. The summed E-state index contributed by atoms with van der Waals surface area (Å²) in [7, 11) is -4.07. The van der Waals surface area contributed by atoms with Gasteiger partial charge in [0.25, 0.3) is 10.0 Å². The SMILES string of the molecule is CCOc1ccc(S(=O)(=O)N(CC(=O)NCCN2CCOCC2)c2ccc(F)cc2)cc1. The molecule has 1 fully saturated rings. The third-order valence-corrected chi connectivity index (χ3v) is 6.77. The van der Waals surface area contributed by atoms with Crippen LogP contribution in [0, 0.1) is 5.82 Å². The molecule has 1 saturated heterocycles. The number of hydrogen-bond donors (Lipinski definition) is 1. The predicted molar refractivity (Wildman–Crippen MR) is 119 cm³/mol. The molecule has 8 nitrogen and oxygen atoms in total. The van der Waals surface area contributed by atoms with Crippen LogP contribution in [0.5, 0.6) is 5.75 Å². The van der Waals surface area contributed by atoms with E-state index in [9.17, 15) is 17.6 Å². The standard InChI is InChI=1S/C22H28FN3O5S/c1-2-31-20-7-9-21(10-8-20)32(28,29)26(19-5-3-18(23)4-6-19)17-22(27)24-11-12-25-13-15-30-16-14-25/h3-10H,2,11-17H2,1H3,(H,24,27). The molecule has 1 aliphatic rings. The summed E-state index contributed by atoms with van der Waals surface area (Å²) in [5.41, 5.74) is 0.198. The van der Waals surface area contributed by atoms with Gasteiger partial charge in [0.1, 0.15) is 18.1 Å². The molecular weight excluding hydrogens is 437 g/mol. The van der Waals surface area contributed by atoms with Crippen molar-refractivity contribution in [2.24, 2.45) is 0 Å². The molecule has 174 valence electrons. The normalized spacial score (nSPS) is 14.7. The average Bonchev–Trinajstić information content (AvgIpc) is 2.79. The molecule has 0 spiro atoms. The zero-order chi connectivity index (χ0) is 23.0. The number of nitrogens with zero attached hydrogens (tertiary/aromatic N) is 2. The maximum Gasteiger partial charge on any atom is 0.264 e. The minimum absolute atomic E-state index is 0.00592. The number of anilines is 1. The van der Waals surface area contributed by atoms with Gasteiger partial charge >= 0.3 is 0 Å². The van der Waals surface area contributed by atoms with Crippen LogP contribution in [-0.4, -0.2) is 71.8 Å². The minimum atomic E-state index is -4.07. The second kappa shape index (κ2) is 11.3. The van der Waals surface area contributed by atoms with Crippen molar-refractivity contribution in [3.8, 4) is 5.75 Å². The highest BCUT2D eigenvalue weighted by Crippen LogP contribution is 2.25. The van der Waals surface area contributed by atoms with Gasteiger partial charge in [0.05, 0.1) is 30.4 Å². The Bertz CT molecular complexity index is 978. The Morgan fingerprint density at radius 1 is 1.12 bits per heavy atom. The maximum absolute atomic E-state index is 13.4. The molecule has 2 aromatic rings. The molecule has 10 heteroatoms. The topological polar surface area (TPSA) is 88.2 Å². The summed E-state index contributed by atoms with van der Waals surface area (Å²) >= 11 is 0. The summed E-state index contributed by atoms with van der Waals surface area (Å²) < 4.78 is 51.7. The van der Waals surface area contributed by atoms with Crippen LogP contribution in [0.4, 0.5) is 10.1 Å². The van der Waals surface area contributed by atoms with E-state index in [1.165, 1.54) is 24.3 Å². The first kappa shape index (κ1) is 24.0. The molecule has 1 heterocycles. The van der Waals surface area contributed by atoms with Crippen LogP contribution in [0.15, 0.2) is 53.4 Å². The van der Waals surface area contributed by atoms with Crippen molar-refractivity contribution in [1.29, 1.82) is 0 Å². The summed E-state index contributed by atoms with van der Waals surface area (Å²) in [6.45, 7) is 5.81. The largest absolute Gasteiger partial charge is 0.494 e.